The molecule has 0 aromatic heterocycles. The van der Waals surface area contributed by atoms with Crippen molar-refractivity contribution in [2.45, 2.75) is 26.3 Å². The molecule has 1 atom stereocenters. The molecule has 0 aliphatic carbocycles. The lowest BCUT2D eigenvalue weighted by atomic mass is 9.94. The van der Waals surface area contributed by atoms with Crippen molar-refractivity contribution in [1.29, 1.82) is 0 Å². The Kier molecular flexibility index (Phi) is 2.46. The molecular formula is C14H16N2O. The van der Waals surface area contributed by atoms with E-state index < -0.39 is 0 Å². The van der Waals surface area contributed by atoms with Crippen LogP contribution in [0.15, 0.2) is 23.2 Å². The van der Waals surface area contributed by atoms with Crippen molar-refractivity contribution in [3.63, 3.8) is 0 Å². The minimum absolute atomic E-state index is 0.0478. The molecule has 1 aromatic rings. The normalized spacial score (nSPS) is 23.0. The van der Waals surface area contributed by atoms with E-state index in [4.69, 9.17) is 0 Å². The number of amides is 1. The second kappa shape index (κ2) is 3.99. The topological polar surface area (TPSA) is 41.5 Å². The van der Waals surface area contributed by atoms with Gasteiger partial charge in [-0.3, -0.25) is 9.79 Å². The molecule has 3 nitrogen and oxygen atoms in total. The van der Waals surface area contributed by atoms with E-state index in [1.807, 2.05) is 12.1 Å². The van der Waals surface area contributed by atoms with Gasteiger partial charge in [0.1, 0.15) is 0 Å². The molecule has 1 amide bonds. The van der Waals surface area contributed by atoms with Crippen LogP contribution in [-0.4, -0.2) is 18.2 Å². The SMILES string of the molecule is CC1CCC(c2ccc3c(c2)C(=O)NC3)=NC1. The third-order valence-electron chi connectivity index (χ3n) is 3.59. The maximum atomic E-state index is 11.6. The van der Waals surface area contributed by atoms with Gasteiger partial charge in [-0.1, -0.05) is 19.1 Å². The molecule has 2 aliphatic heterocycles. The van der Waals surface area contributed by atoms with E-state index in [2.05, 4.69) is 23.3 Å². The van der Waals surface area contributed by atoms with Crippen LogP contribution in [-0.2, 0) is 6.54 Å². The molecule has 0 spiro atoms. The number of aliphatic imine (C=N–C) groups is 1. The number of nitrogens with one attached hydrogen (secondary N) is 1. The Hall–Kier alpha value is -1.64. The zero-order valence-electron chi connectivity index (χ0n) is 9.99. The molecule has 3 rings (SSSR count). The van der Waals surface area contributed by atoms with Gasteiger partial charge in [0.2, 0.25) is 0 Å². The largest absolute Gasteiger partial charge is 0.348 e. The number of nitrogens with zero attached hydrogens (tertiary/aromatic N) is 1. The van der Waals surface area contributed by atoms with E-state index in [9.17, 15) is 4.79 Å². The van der Waals surface area contributed by atoms with Crippen LogP contribution in [0.4, 0.5) is 0 Å². The lowest BCUT2D eigenvalue weighted by Crippen LogP contribution is -2.15. The van der Waals surface area contributed by atoms with E-state index in [1.54, 1.807) is 0 Å². The molecule has 0 bridgehead atoms. The van der Waals surface area contributed by atoms with E-state index in [1.165, 1.54) is 6.42 Å². The average molecular weight is 228 g/mol. The van der Waals surface area contributed by atoms with Gasteiger partial charge in [0.05, 0.1) is 0 Å². The number of carbonyl (C=O) groups excluding carboxylic acids is 1. The molecule has 3 heteroatoms. The molecule has 1 aromatic carbocycles. The Morgan fingerprint density at radius 1 is 1.41 bits per heavy atom. The summed E-state index contributed by atoms with van der Waals surface area (Å²) in [4.78, 5) is 16.2. The van der Waals surface area contributed by atoms with Crippen LogP contribution in [0.3, 0.4) is 0 Å². The van der Waals surface area contributed by atoms with Crippen LogP contribution < -0.4 is 5.32 Å². The standard InChI is InChI=1S/C14H16N2O/c1-9-2-5-13(15-7-9)10-3-4-11-8-16-14(17)12(11)6-10/h3-4,6,9H,2,5,7-8H2,1H3,(H,16,17). The number of hydrogen-bond donors (Lipinski definition) is 1. The van der Waals surface area contributed by atoms with Crippen LogP contribution in [0.5, 0.6) is 0 Å². The lowest BCUT2D eigenvalue weighted by Gasteiger charge is -2.17. The molecule has 1 unspecified atom stereocenters. The predicted molar refractivity (Wildman–Crippen MR) is 67.4 cm³/mol. The molecule has 0 fully saturated rings. The fourth-order valence-corrected chi connectivity index (χ4v) is 2.45. The van der Waals surface area contributed by atoms with Crippen molar-refractivity contribution in [2.24, 2.45) is 10.9 Å². The Bertz CT molecular complexity index is 505. The minimum Gasteiger partial charge on any atom is -0.348 e. The quantitative estimate of drug-likeness (QED) is 0.786. The van der Waals surface area contributed by atoms with Gasteiger partial charge in [-0.2, -0.15) is 0 Å². The summed E-state index contributed by atoms with van der Waals surface area (Å²) in [5.74, 6) is 0.739. The summed E-state index contributed by atoms with van der Waals surface area (Å²) >= 11 is 0. The van der Waals surface area contributed by atoms with Crippen molar-refractivity contribution >= 4 is 11.6 Å². The van der Waals surface area contributed by atoms with Crippen LogP contribution in [0, 0.1) is 5.92 Å². The van der Waals surface area contributed by atoms with Crippen LogP contribution in [0.2, 0.25) is 0 Å². The van der Waals surface area contributed by atoms with Gasteiger partial charge in [-0.25, -0.2) is 0 Å². The molecule has 0 radical (unpaired) electrons. The predicted octanol–water partition coefficient (Wildman–Crippen LogP) is 2.15. The highest BCUT2D eigenvalue weighted by molar-refractivity contribution is 6.05. The molecule has 88 valence electrons. The first kappa shape index (κ1) is 10.5. The third-order valence-corrected chi connectivity index (χ3v) is 3.59. The second-order valence-corrected chi connectivity index (χ2v) is 4.99. The summed E-state index contributed by atoms with van der Waals surface area (Å²) in [6.45, 7) is 3.81. The summed E-state index contributed by atoms with van der Waals surface area (Å²) in [5.41, 5.74) is 4.20. The summed E-state index contributed by atoms with van der Waals surface area (Å²) in [5, 5.41) is 2.84. The van der Waals surface area contributed by atoms with Gasteiger partial charge in [-0.15, -0.1) is 0 Å². The van der Waals surface area contributed by atoms with Crippen LogP contribution in [0.25, 0.3) is 0 Å². The van der Waals surface area contributed by atoms with Gasteiger partial charge in [0.25, 0.3) is 5.91 Å². The molecule has 0 saturated carbocycles. The van der Waals surface area contributed by atoms with Crippen molar-refractivity contribution in [3.05, 3.63) is 34.9 Å². The second-order valence-electron chi connectivity index (χ2n) is 4.99. The zero-order chi connectivity index (χ0) is 11.8. The summed E-state index contributed by atoms with van der Waals surface area (Å²) in [7, 11) is 0. The number of rotatable bonds is 1. The summed E-state index contributed by atoms with van der Waals surface area (Å²) in [6.07, 6.45) is 2.23. The summed E-state index contributed by atoms with van der Waals surface area (Å²) in [6, 6.07) is 6.13. The van der Waals surface area contributed by atoms with Gasteiger partial charge >= 0.3 is 0 Å². The van der Waals surface area contributed by atoms with E-state index >= 15 is 0 Å². The van der Waals surface area contributed by atoms with Crippen LogP contribution >= 0.6 is 0 Å². The molecule has 1 N–H and O–H groups in total. The Labute approximate surface area is 101 Å². The first-order valence-corrected chi connectivity index (χ1v) is 6.19. The van der Waals surface area contributed by atoms with Crippen molar-refractivity contribution in [3.8, 4) is 0 Å². The highest BCUT2D eigenvalue weighted by atomic mass is 16.1. The van der Waals surface area contributed by atoms with Crippen LogP contribution in [0.1, 0.15) is 41.3 Å². The minimum atomic E-state index is 0.0478. The van der Waals surface area contributed by atoms with Crippen molar-refractivity contribution < 1.29 is 4.79 Å². The maximum Gasteiger partial charge on any atom is 0.251 e. The maximum absolute atomic E-state index is 11.6. The molecule has 2 heterocycles. The van der Waals surface area contributed by atoms with Gasteiger partial charge < -0.3 is 5.32 Å². The number of hydrogen-bond acceptors (Lipinski definition) is 2. The Balaban J connectivity index is 1.95. The van der Waals surface area contributed by atoms with E-state index in [0.29, 0.717) is 12.5 Å². The number of carbonyl (C=O) groups is 1. The molecule has 0 saturated heterocycles. The highest BCUT2D eigenvalue weighted by Gasteiger charge is 2.20. The lowest BCUT2D eigenvalue weighted by molar-refractivity contribution is 0.0966. The van der Waals surface area contributed by atoms with Gasteiger partial charge in [-0.05, 0) is 36.0 Å². The third kappa shape index (κ3) is 1.86. The monoisotopic (exact) mass is 228 g/mol. The van der Waals surface area contributed by atoms with Crippen molar-refractivity contribution in [2.75, 3.05) is 6.54 Å². The van der Waals surface area contributed by atoms with Gasteiger partial charge in [0, 0.05) is 24.4 Å². The van der Waals surface area contributed by atoms with E-state index in [-0.39, 0.29) is 5.91 Å². The number of benzene rings is 1. The molecule has 2 aliphatic rings. The van der Waals surface area contributed by atoms with Gasteiger partial charge in [0.15, 0.2) is 0 Å². The molecular weight excluding hydrogens is 212 g/mol. The highest BCUT2D eigenvalue weighted by Crippen LogP contribution is 2.22. The first-order chi connectivity index (χ1) is 8.24. The zero-order valence-corrected chi connectivity index (χ0v) is 9.99. The average Bonchev–Trinajstić information content (AvgIpc) is 2.72. The first-order valence-electron chi connectivity index (χ1n) is 6.19. The van der Waals surface area contributed by atoms with E-state index in [0.717, 1.165) is 35.4 Å². The smallest absolute Gasteiger partial charge is 0.251 e. The number of fused-ring (bicyclic) bond motifs is 1. The Morgan fingerprint density at radius 2 is 2.29 bits per heavy atom. The fourth-order valence-electron chi connectivity index (χ4n) is 2.45. The van der Waals surface area contributed by atoms with Crippen molar-refractivity contribution in [1.82, 2.24) is 5.32 Å². The summed E-state index contributed by atoms with van der Waals surface area (Å²) < 4.78 is 0. The molecule has 17 heavy (non-hydrogen) atoms. The fraction of sp³-hybridized carbons (Fsp3) is 0.429. The Morgan fingerprint density at radius 3 is 3.06 bits per heavy atom.